The molecule has 1 aromatic rings. The lowest BCUT2D eigenvalue weighted by molar-refractivity contribution is -0.0576. The Bertz CT molecular complexity index is 908. The molecule has 0 saturated carbocycles. The predicted molar refractivity (Wildman–Crippen MR) is 132 cm³/mol. The van der Waals surface area contributed by atoms with Crippen LogP contribution < -0.4 is 5.46 Å². The van der Waals surface area contributed by atoms with Crippen molar-refractivity contribution in [3.8, 4) is 0 Å². The van der Waals surface area contributed by atoms with Crippen molar-refractivity contribution in [2.24, 2.45) is 0 Å². The van der Waals surface area contributed by atoms with Crippen molar-refractivity contribution in [2.45, 2.75) is 116 Å². The van der Waals surface area contributed by atoms with E-state index in [1.165, 1.54) is 12.1 Å². The van der Waals surface area contributed by atoms with E-state index in [0.29, 0.717) is 12.8 Å². The first-order valence-corrected chi connectivity index (χ1v) is 12.2. The summed E-state index contributed by atoms with van der Waals surface area (Å²) in [4.78, 5) is 0. The van der Waals surface area contributed by atoms with Gasteiger partial charge in [-0.15, -0.1) is 0 Å². The average molecular weight is 474 g/mol. The van der Waals surface area contributed by atoms with Crippen molar-refractivity contribution in [1.29, 1.82) is 0 Å². The molecule has 2 unspecified atom stereocenters. The molecule has 10 heteroatoms. The van der Waals surface area contributed by atoms with Crippen LogP contribution in [0.25, 0.3) is 0 Å². The van der Waals surface area contributed by atoms with Crippen LogP contribution in [0.1, 0.15) is 82.1 Å². The predicted octanol–water partition coefficient (Wildman–Crippen LogP) is 4.13. The minimum atomic E-state index is -0.630. The molecule has 0 radical (unpaired) electrons. The van der Waals surface area contributed by atoms with Crippen LogP contribution in [-0.4, -0.2) is 54.7 Å². The van der Waals surface area contributed by atoms with Crippen molar-refractivity contribution in [1.82, 2.24) is 0 Å². The van der Waals surface area contributed by atoms with Gasteiger partial charge >= 0.3 is 21.1 Å². The molecule has 3 saturated heterocycles. The zero-order valence-electron chi connectivity index (χ0n) is 22.3. The van der Waals surface area contributed by atoms with Crippen LogP contribution in [0.3, 0.4) is 0 Å². The summed E-state index contributed by atoms with van der Waals surface area (Å²) < 4.78 is 51.4. The molecule has 6 nitrogen and oxygen atoms in total. The number of halogens is 1. The molecule has 4 rings (SSSR count). The smallest absolute Gasteiger partial charge is 0.405 e. The van der Waals surface area contributed by atoms with Gasteiger partial charge in [-0.05, 0) is 99.7 Å². The number of benzene rings is 1. The Balaban J connectivity index is 1.47. The highest BCUT2D eigenvalue weighted by Crippen LogP contribution is 2.48. The van der Waals surface area contributed by atoms with Gasteiger partial charge in [0.1, 0.15) is 5.82 Å². The van der Waals surface area contributed by atoms with E-state index in [4.69, 9.17) is 27.9 Å². The van der Waals surface area contributed by atoms with Crippen molar-refractivity contribution in [3.63, 3.8) is 0 Å². The Morgan fingerprint density at radius 1 is 0.559 bits per heavy atom. The van der Waals surface area contributed by atoms with E-state index in [1.807, 2.05) is 55.4 Å². The van der Waals surface area contributed by atoms with Gasteiger partial charge in [0.25, 0.3) is 0 Å². The second-order valence-corrected chi connectivity index (χ2v) is 12.3. The third-order valence-corrected chi connectivity index (χ3v) is 8.82. The molecule has 0 spiro atoms. The first kappa shape index (κ1) is 26.2. The van der Waals surface area contributed by atoms with Crippen LogP contribution in [0.2, 0.25) is 0 Å². The maximum atomic E-state index is 13.4. The number of rotatable bonds is 5. The zero-order chi connectivity index (χ0) is 25.4. The molecular formula is C24H38B3FO6. The molecule has 2 atom stereocenters. The van der Waals surface area contributed by atoms with Gasteiger partial charge in [-0.3, -0.25) is 0 Å². The summed E-state index contributed by atoms with van der Waals surface area (Å²) in [6.45, 7) is 20.4. The first-order valence-electron chi connectivity index (χ1n) is 12.2. The molecule has 0 aliphatic carbocycles. The van der Waals surface area contributed by atoms with Gasteiger partial charge in [-0.1, -0.05) is 12.1 Å². The Morgan fingerprint density at radius 2 is 0.971 bits per heavy atom. The third-order valence-electron chi connectivity index (χ3n) is 8.82. The van der Waals surface area contributed by atoms with E-state index < -0.39 is 54.7 Å². The second-order valence-electron chi connectivity index (χ2n) is 12.3. The van der Waals surface area contributed by atoms with Crippen molar-refractivity contribution in [3.05, 3.63) is 30.1 Å². The Kier molecular flexibility index (Phi) is 6.20. The normalized spacial score (nSPS) is 33.7. The summed E-state index contributed by atoms with van der Waals surface area (Å²) >= 11 is 0. The van der Waals surface area contributed by atoms with E-state index in [0.717, 1.165) is 5.46 Å². The SMILES string of the molecule is CC1(C)OB(B2OC(C)(C)C(C)(CCC3(C)OB(c4ccc(F)cc4)OC3(C)C)O2)OC1(C)C. The molecule has 186 valence electrons. The summed E-state index contributed by atoms with van der Waals surface area (Å²) in [5, 5.41) is 0. The van der Waals surface area contributed by atoms with E-state index >= 15 is 0 Å². The fraction of sp³-hybridized carbons (Fsp3) is 0.750. The summed E-state index contributed by atoms with van der Waals surface area (Å²) in [6.07, 6.45) is 1.35. The largest absolute Gasteiger partial charge is 0.494 e. The van der Waals surface area contributed by atoms with Gasteiger partial charge in [-0.25, -0.2) is 4.39 Å². The molecule has 3 aliphatic heterocycles. The highest BCUT2D eigenvalue weighted by atomic mass is 19.1. The molecule has 0 aromatic heterocycles. The highest BCUT2D eigenvalue weighted by molar-refractivity contribution is 7.11. The quantitative estimate of drug-likeness (QED) is 0.599. The molecule has 0 bridgehead atoms. The fourth-order valence-electron chi connectivity index (χ4n) is 4.70. The molecule has 34 heavy (non-hydrogen) atoms. The van der Waals surface area contributed by atoms with Crippen LogP contribution >= 0.6 is 0 Å². The van der Waals surface area contributed by atoms with Crippen molar-refractivity contribution in [2.75, 3.05) is 0 Å². The summed E-state index contributed by atoms with van der Waals surface area (Å²) in [7, 11) is -1.79. The zero-order valence-corrected chi connectivity index (χ0v) is 22.3. The second kappa shape index (κ2) is 8.05. The highest BCUT2D eigenvalue weighted by Gasteiger charge is 2.65. The lowest BCUT2D eigenvalue weighted by Crippen LogP contribution is -2.50. The lowest BCUT2D eigenvalue weighted by atomic mass is 9.49. The maximum Gasteiger partial charge on any atom is 0.494 e. The van der Waals surface area contributed by atoms with Crippen molar-refractivity contribution < 1.29 is 32.3 Å². The summed E-state index contributed by atoms with van der Waals surface area (Å²) in [6, 6.07) is 6.26. The molecular weight excluding hydrogens is 436 g/mol. The minimum absolute atomic E-state index is 0.283. The topological polar surface area (TPSA) is 55.4 Å². The van der Waals surface area contributed by atoms with Crippen LogP contribution in [0.4, 0.5) is 4.39 Å². The lowest BCUT2D eigenvalue weighted by Gasteiger charge is -2.42. The number of hydrogen-bond donors (Lipinski definition) is 0. The van der Waals surface area contributed by atoms with E-state index in [2.05, 4.69) is 13.8 Å². The van der Waals surface area contributed by atoms with Gasteiger partial charge in [0.2, 0.25) is 0 Å². The molecule has 1 aromatic carbocycles. The monoisotopic (exact) mass is 474 g/mol. The van der Waals surface area contributed by atoms with Crippen LogP contribution in [-0.2, 0) is 27.9 Å². The van der Waals surface area contributed by atoms with Gasteiger partial charge in [0, 0.05) is 0 Å². The fourth-order valence-corrected chi connectivity index (χ4v) is 4.70. The van der Waals surface area contributed by atoms with Crippen molar-refractivity contribution >= 4 is 26.6 Å². The summed E-state index contributed by atoms with van der Waals surface area (Å²) in [5.41, 5.74) is -2.44. The van der Waals surface area contributed by atoms with Gasteiger partial charge in [0.05, 0.1) is 33.6 Å². The Morgan fingerprint density at radius 3 is 1.50 bits per heavy atom. The standard InChI is InChI=1S/C24H38B3FO6/c1-19(2)20(3,4)31-26(30-19)27-32-22(7,8)24(10,34-27)16-15-23(9)21(5,6)29-25(33-23)17-11-13-18(28)14-12-17/h11-14H,15-16H2,1-10H3. The van der Waals surface area contributed by atoms with E-state index in [1.54, 1.807) is 12.1 Å². The minimum Gasteiger partial charge on any atom is -0.405 e. The van der Waals surface area contributed by atoms with Gasteiger partial charge in [-0.2, -0.15) is 0 Å². The van der Waals surface area contributed by atoms with Gasteiger partial charge in [0.15, 0.2) is 0 Å². The Hall–Kier alpha value is -0.895. The van der Waals surface area contributed by atoms with Crippen LogP contribution in [0.15, 0.2) is 24.3 Å². The maximum absolute atomic E-state index is 13.4. The van der Waals surface area contributed by atoms with Crippen LogP contribution in [0, 0.1) is 5.82 Å². The Labute approximate surface area is 204 Å². The van der Waals surface area contributed by atoms with E-state index in [9.17, 15) is 4.39 Å². The van der Waals surface area contributed by atoms with Gasteiger partial charge < -0.3 is 27.9 Å². The molecule has 3 heterocycles. The average Bonchev–Trinajstić information content (AvgIpc) is 3.18. The van der Waals surface area contributed by atoms with Crippen LogP contribution in [0.5, 0.6) is 0 Å². The molecule has 0 amide bonds. The van der Waals surface area contributed by atoms with E-state index in [-0.39, 0.29) is 5.82 Å². The molecule has 0 N–H and O–H groups in total. The molecule has 3 aliphatic rings. The third kappa shape index (κ3) is 4.29. The first-order chi connectivity index (χ1) is 15.4. The summed E-state index contributed by atoms with van der Waals surface area (Å²) in [5.74, 6) is -0.283. The molecule has 3 fully saturated rings. The number of hydrogen-bond acceptors (Lipinski definition) is 6.